The van der Waals surface area contributed by atoms with Gasteiger partial charge in [-0.05, 0) is 53.0 Å². The molecule has 13 heteroatoms. The number of morpholine rings is 1. The van der Waals surface area contributed by atoms with Crippen LogP contribution in [0.2, 0.25) is 0 Å². The molecular weight excluding hydrogens is 679 g/mol. The molecule has 0 radical (unpaired) electrons. The maximum atomic E-state index is 14.5. The van der Waals surface area contributed by atoms with Gasteiger partial charge >= 0.3 is 0 Å². The van der Waals surface area contributed by atoms with Crippen LogP contribution in [0.3, 0.4) is 0 Å². The van der Waals surface area contributed by atoms with E-state index in [-0.39, 0.29) is 58.6 Å². The van der Waals surface area contributed by atoms with Crippen LogP contribution in [0.5, 0.6) is 5.88 Å². The van der Waals surface area contributed by atoms with Crippen LogP contribution < -0.4 is 14.4 Å². The molecule has 0 spiro atoms. The number of fused-ring (bicyclic) bond motifs is 4. The molecule has 1 N–H and O–H groups in total. The summed E-state index contributed by atoms with van der Waals surface area (Å²) in [6.07, 6.45) is 4.12. The summed E-state index contributed by atoms with van der Waals surface area (Å²) in [7, 11) is -4.21. The molecule has 4 aromatic rings. The lowest BCUT2D eigenvalue weighted by atomic mass is 9.87. The summed E-state index contributed by atoms with van der Waals surface area (Å²) in [5.74, 6) is 0.518. The van der Waals surface area contributed by atoms with Crippen molar-refractivity contribution in [2.24, 2.45) is 5.41 Å². The average Bonchev–Trinajstić information content (AvgIpc) is 3.11. The van der Waals surface area contributed by atoms with Crippen molar-refractivity contribution < 1.29 is 22.7 Å². The maximum absolute atomic E-state index is 14.5. The van der Waals surface area contributed by atoms with Gasteiger partial charge in [-0.3, -0.25) is 4.79 Å². The van der Waals surface area contributed by atoms with Gasteiger partial charge in [0.2, 0.25) is 11.8 Å². The van der Waals surface area contributed by atoms with Crippen molar-refractivity contribution in [1.29, 1.82) is 0 Å². The molecule has 2 aromatic heterocycles. The van der Waals surface area contributed by atoms with Crippen molar-refractivity contribution in [1.82, 2.24) is 24.8 Å². The first-order valence-corrected chi connectivity index (χ1v) is 19.4. The second kappa shape index (κ2) is 15.2. The summed E-state index contributed by atoms with van der Waals surface area (Å²) in [6, 6.07) is 13.5. The van der Waals surface area contributed by atoms with Crippen molar-refractivity contribution in [3.63, 3.8) is 0 Å². The molecule has 0 aliphatic carbocycles. The first-order valence-electron chi connectivity index (χ1n) is 17.9. The molecular formula is C39H49N7O5S. The van der Waals surface area contributed by atoms with E-state index in [0.29, 0.717) is 31.2 Å². The Balaban J connectivity index is 1.46. The van der Waals surface area contributed by atoms with Gasteiger partial charge in [0.05, 0.1) is 54.5 Å². The maximum Gasteiger partial charge on any atom is 0.264 e. The third-order valence-electron chi connectivity index (χ3n) is 9.30. The minimum absolute atomic E-state index is 0.0834. The number of nitrogens with one attached hydrogen (secondary N) is 1. The SMILES string of the molecule is CC(C)c1cccc(C(C)C)c1-c1cc2nc(n1)NS(=O)(=O)c1cccc(c1)C(=O)N(Cc1ncc(N3CCOCC3)cn1)[C@H](CC(C)(C)C)CO2. The van der Waals surface area contributed by atoms with Crippen LogP contribution in [0.4, 0.5) is 11.6 Å². The molecule has 4 bridgehead atoms. The predicted octanol–water partition coefficient (Wildman–Crippen LogP) is 6.66. The Morgan fingerprint density at radius 3 is 2.21 bits per heavy atom. The fraction of sp³-hybridized carbons (Fsp3) is 0.462. The number of aromatic nitrogens is 4. The van der Waals surface area contributed by atoms with E-state index in [0.717, 1.165) is 35.5 Å². The number of sulfonamides is 1. The van der Waals surface area contributed by atoms with Gasteiger partial charge in [-0.25, -0.2) is 28.1 Å². The van der Waals surface area contributed by atoms with Gasteiger partial charge in [0.1, 0.15) is 12.4 Å². The standard InChI is InChI=1S/C39H49N7O5S/c1-25(2)31-12-9-13-32(26(3)4)36(31)33-19-35-43-38(42-33)44-52(48,49)30-11-8-10-27(18-30)37(47)46(28(24-51-35)20-39(5,6)7)23-34-40-21-29(22-41-34)45-14-16-50-17-15-45/h8-13,18-19,21-22,25-26,28H,14-17,20,23-24H2,1-7H3,(H,42,43,44)/t28-/m1/s1. The molecule has 2 aliphatic rings. The van der Waals surface area contributed by atoms with Crippen LogP contribution >= 0.6 is 0 Å². The van der Waals surface area contributed by atoms with E-state index in [9.17, 15) is 13.2 Å². The average molecular weight is 728 g/mol. The number of rotatable bonds is 7. The van der Waals surface area contributed by atoms with Crippen LogP contribution in [0.25, 0.3) is 11.3 Å². The lowest BCUT2D eigenvalue weighted by Crippen LogP contribution is -2.45. The van der Waals surface area contributed by atoms with Gasteiger partial charge in [-0.15, -0.1) is 0 Å². The van der Waals surface area contributed by atoms with Crippen molar-refractivity contribution in [3.8, 4) is 17.1 Å². The zero-order valence-corrected chi connectivity index (χ0v) is 31.9. The van der Waals surface area contributed by atoms with Crippen molar-refractivity contribution in [2.75, 3.05) is 42.5 Å². The molecule has 1 fully saturated rings. The molecule has 0 saturated carbocycles. The smallest absolute Gasteiger partial charge is 0.264 e. The fourth-order valence-corrected chi connectivity index (χ4v) is 7.73. The Morgan fingerprint density at radius 2 is 1.58 bits per heavy atom. The van der Waals surface area contributed by atoms with Crippen LogP contribution in [0.15, 0.2) is 65.8 Å². The normalized spacial score (nSPS) is 17.9. The molecule has 2 aromatic carbocycles. The van der Waals surface area contributed by atoms with E-state index in [4.69, 9.17) is 14.5 Å². The highest BCUT2D eigenvalue weighted by Gasteiger charge is 2.32. The molecule has 1 saturated heterocycles. The van der Waals surface area contributed by atoms with Gasteiger partial charge in [0, 0.05) is 30.3 Å². The Labute approximate surface area is 307 Å². The van der Waals surface area contributed by atoms with E-state index < -0.39 is 16.1 Å². The Kier molecular flexibility index (Phi) is 10.8. The molecule has 0 unspecified atom stereocenters. The number of carbonyl (C=O) groups is 1. The van der Waals surface area contributed by atoms with Gasteiger partial charge in [-0.2, -0.15) is 4.98 Å². The lowest BCUT2D eigenvalue weighted by molar-refractivity contribution is 0.0505. The third-order valence-corrected chi connectivity index (χ3v) is 10.6. The highest BCUT2D eigenvalue weighted by molar-refractivity contribution is 7.92. The Morgan fingerprint density at radius 1 is 0.923 bits per heavy atom. The Hall–Kier alpha value is -4.62. The number of benzene rings is 2. The minimum atomic E-state index is -4.21. The summed E-state index contributed by atoms with van der Waals surface area (Å²) in [5.41, 5.74) is 4.53. The number of amides is 1. The first kappa shape index (κ1) is 37.1. The topological polar surface area (TPSA) is 140 Å². The molecule has 276 valence electrons. The van der Waals surface area contributed by atoms with Crippen LogP contribution in [-0.2, 0) is 21.3 Å². The summed E-state index contributed by atoms with van der Waals surface area (Å²) in [4.78, 5) is 36.9. The second-order valence-electron chi connectivity index (χ2n) is 15.3. The fourth-order valence-electron chi connectivity index (χ4n) is 6.74. The molecule has 1 atom stereocenters. The first-order chi connectivity index (χ1) is 24.7. The minimum Gasteiger partial charge on any atom is -0.475 e. The van der Waals surface area contributed by atoms with Crippen LogP contribution in [0.1, 0.15) is 94.0 Å². The zero-order chi connectivity index (χ0) is 37.2. The van der Waals surface area contributed by atoms with E-state index >= 15 is 0 Å². The molecule has 6 rings (SSSR count). The summed E-state index contributed by atoms with van der Waals surface area (Å²) < 4.78 is 42.3. The monoisotopic (exact) mass is 727 g/mol. The molecule has 2 aliphatic heterocycles. The quantitative estimate of drug-likeness (QED) is 0.220. The third kappa shape index (κ3) is 8.53. The predicted molar refractivity (Wildman–Crippen MR) is 201 cm³/mol. The van der Waals surface area contributed by atoms with Crippen LogP contribution in [-0.4, -0.2) is 78.1 Å². The summed E-state index contributed by atoms with van der Waals surface area (Å²) >= 11 is 0. The van der Waals surface area contributed by atoms with Crippen molar-refractivity contribution >= 4 is 27.6 Å². The number of carbonyl (C=O) groups excluding carboxylic acids is 1. The van der Waals surface area contributed by atoms with Gasteiger partial charge < -0.3 is 19.3 Å². The second-order valence-corrected chi connectivity index (χ2v) is 17.0. The van der Waals surface area contributed by atoms with E-state index in [1.807, 2.05) is 6.07 Å². The van der Waals surface area contributed by atoms with Crippen molar-refractivity contribution in [2.45, 2.75) is 84.2 Å². The van der Waals surface area contributed by atoms with Gasteiger partial charge in [0.15, 0.2) is 0 Å². The summed E-state index contributed by atoms with van der Waals surface area (Å²) in [6.45, 7) is 17.8. The van der Waals surface area contributed by atoms with Gasteiger partial charge in [0.25, 0.3) is 15.9 Å². The van der Waals surface area contributed by atoms with Crippen LogP contribution in [0, 0.1) is 5.41 Å². The summed E-state index contributed by atoms with van der Waals surface area (Å²) in [5, 5.41) is 0. The van der Waals surface area contributed by atoms with Crippen molar-refractivity contribution in [3.05, 3.63) is 83.4 Å². The zero-order valence-electron chi connectivity index (χ0n) is 31.1. The molecule has 52 heavy (non-hydrogen) atoms. The molecule has 1 amide bonds. The number of hydrogen-bond donors (Lipinski definition) is 1. The van der Waals surface area contributed by atoms with Gasteiger partial charge in [-0.1, -0.05) is 72.7 Å². The highest BCUT2D eigenvalue weighted by Crippen LogP contribution is 2.37. The largest absolute Gasteiger partial charge is 0.475 e. The van der Waals surface area contributed by atoms with E-state index in [1.165, 1.54) is 12.1 Å². The number of nitrogens with zero attached hydrogens (tertiary/aromatic N) is 6. The van der Waals surface area contributed by atoms with E-state index in [2.05, 4.69) is 85.2 Å². The molecule has 4 heterocycles. The number of anilines is 2. The Bertz CT molecular complexity index is 1980. The molecule has 12 nitrogen and oxygen atoms in total. The number of hydrogen-bond acceptors (Lipinski definition) is 10. The van der Waals surface area contributed by atoms with E-state index in [1.54, 1.807) is 35.5 Å². The lowest BCUT2D eigenvalue weighted by Gasteiger charge is -2.35. The number of ether oxygens (including phenoxy) is 2. The highest BCUT2D eigenvalue weighted by atomic mass is 32.2.